The lowest BCUT2D eigenvalue weighted by atomic mass is 9.82. The predicted molar refractivity (Wildman–Crippen MR) is 170 cm³/mol. The third kappa shape index (κ3) is 5.85. The monoisotopic (exact) mass is 547 g/mol. The first kappa shape index (κ1) is 28.4. The highest BCUT2D eigenvalue weighted by molar-refractivity contribution is 6.08. The van der Waals surface area contributed by atoms with E-state index in [0.29, 0.717) is 13.0 Å². The normalized spacial score (nSPS) is 17.4. The van der Waals surface area contributed by atoms with E-state index in [0.717, 1.165) is 50.8 Å². The number of amides is 2. The highest BCUT2D eigenvalue weighted by Gasteiger charge is 2.40. The quantitative estimate of drug-likeness (QED) is 0.278. The van der Waals surface area contributed by atoms with E-state index >= 15 is 0 Å². The fourth-order valence-corrected chi connectivity index (χ4v) is 5.99. The molecule has 4 aromatic carbocycles. The van der Waals surface area contributed by atoms with E-state index in [9.17, 15) is 9.59 Å². The molecule has 0 aliphatic carbocycles. The van der Waals surface area contributed by atoms with Crippen LogP contribution in [0.4, 0.5) is 11.4 Å². The highest BCUT2D eigenvalue weighted by Crippen LogP contribution is 2.39. The van der Waals surface area contributed by atoms with Gasteiger partial charge in [-0.25, -0.2) is 0 Å². The number of hydrogen-bond donors (Lipinski definition) is 1. The molecule has 2 amide bonds. The summed E-state index contributed by atoms with van der Waals surface area (Å²) >= 11 is 0. The fraction of sp³-hybridized carbons (Fsp3) is 0.333. The van der Waals surface area contributed by atoms with Crippen molar-refractivity contribution in [2.75, 3.05) is 30.9 Å². The minimum atomic E-state index is -0.383. The molecule has 5 nitrogen and oxygen atoms in total. The van der Waals surface area contributed by atoms with Crippen molar-refractivity contribution < 1.29 is 9.59 Å². The van der Waals surface area contributed by atoms with Gasteiger partial charge in [-0.2, -0.15) is 0 Å². The van der Waals surface area contributed by atoms with Crippen LogP contribution in [0.15, 0.2) is 84.9 Å². The maximum absolute atomic E-state index is 14.5. The Balaban J connectivity index is 1.55. The number of piperidine rings is 1. The van der Waals surface area contributed by atoms with Crippen LogP contribution in [0, 0.1) is 12.8 Å². The lowest BCUT2D eigenvalue weighted by molar-refractivity contribution is -0.123. The first-order chi connectivity index (χ1) is 19.5. The SMILES string of the molecule is Cc1ccc2ccccc2c1C(=O)N1CCCC(C(=O)Nc2cccc(C(C)(C)C)c2)C1c1ccc(N(C)C)cc1. The van der Waals surface area contributed by atoms with Crippen molar-refractivity contribution in [3.05, 3.63) is 107 Å². The summed E-state index contributed by atoms with van der Waals surface area (Å²) in [5.41, 5.74) is 5.65. The Labute approximate surface area is 244 Å². The first-order valence-corrected chi connectivity index (χ1v) is 14.5. The second kappa shape index (κ2) is 11.4. The molecule has 41 heavy (non-hydrogen) atoms. The number of hydrogen-bond acceptors (Lipinski definition) is 3. The summed E-state index contributed by atoms with van der Waals surface area (Å²) in [5, 5.41) is 5.20. The Morgan fingerprint density at radius 3 is 2.34 bits per heavy atom. The van der Waals surface area contributed by atoms with E-state index in [2.05, 4.69) is 73.5 Å². The molecule has 0 saturated carbocycles. The second-order valence-electron chi connectivity index (χ2n) is 12.5. The molecule has 0 aromatic heterocycles. The molecular weight excluding hydrogens is 506 g/mol. The molecule has 4 aromatic rings. The average molecular weight is 548 g/mol. The molecule has 5 rings (SSSR count). The second-order valence-corrected chi connectivity index (χ2v) is 12.5. The molecule has 0 radical (unpaired) electrons. The van der Waals surface area contributed by atoms with Gasteiger partial charge in [-0.1, -0.05) is 81.4 Å². The molecule has 1 aliphatic heterocycles. The number of anilines is 2. The van der Waals surface area contributed by atoms with Gasteiger partial charge in [0.1, 0.15) is 0 Å². The summed E-state index contributed by atoms with van der Waals surface area (Å²) in [6.07, 6.45) is 1.48. The first-order valence-electron chi connectivity index (χ1n) is 14.5. The molecule has 1 fully saturated rings. The Morgan fingerprint density at radius 2 is 1.63 bits per heavy atom. The van der Waals surface area contributed by atoms with Crippen LogP contribution >= 0.6 is 0 Å². The van der Waals surface area contributed by atoms with Crippen molar-refractivity contribution in [1.29, 1.82) is 0 Å². The van der Waals surface area contributed by atoms with Crippen LogP contribution in [-0.4, -0.2) is 37.4 Å². The van der Waals surface area contributed by atoms with Crippen molar-refractivity contribution in [2.45, 2.75) is 52.0 Å². The fourth-order valence-electron chi connectivity index (χ4n) is 5.99. The molecule has 2 unspecified atom stereocenters. The van der Waals surface area contributed by atoms with E-state index in [1.807, 2.05) is 68.4 Å². The number of nitrogens with one attached hydrogen (secondary N) is 1. The Kier molecular flexibility index (Phi) is 7.90. The topological polar surface area (TPSA) is 52.7 Å². The number of fused-ring (bicyclic) bond motifs is 1. The molecule has 1 saturated heterocycles. The number of benzene rings is 4. The lowest BCUT2D eigenvalue weighted by Crippen LogP contribution is -2.46. The molecule has 212 valence electrons. The molecule has 1 aliphatic rings. The van der Waals surface area contributed by atoms with Crippen LogP contribution < -0.4 is 10.2 Å². The zero-order valence-corrected chi connectivity index (χ0v) is 25.1. The van der Waals surface area contributed by atoms with Crippen molar-refractivity contribution in [3.8, 4) is 0 Å². The van der Waals surface area contributed by atoms with Gasteiger partial charge in [0, 0.05) is 32.0 Å². The number of rotatable bonds is 5. The summed E-state index contributed by atoms with van der Waals surface area (Å²) in [7, 11) is 4.02. The van der Waals surface area contributed by atoms with Crippen molar-refractivity contribution in [1.82, 2.24) is 4.90 Å². The maximum atomic E-state index is 14.5. The van der Waals surface area contributed by atoms with Crippen LogP contribution in [0.2, 0.25) is 0 Å². The summed E-state index contributed by atoms with van der Waals surface area (Å²) in [4.78, 5) is 32.5. The lowest BCUT2D eigenvalue weighted by Gasteiger charge is -2.41. The minimum absolute atomic E-state index is 0.0202. The number of aryl methyl sites for hydroxylation is 1. The van der Waals surface area contributed by atoms with Crippen LogP contribution in [0.25, 0.3) is 10.8 Å². The minimum Gasteiger partial charge on any atom is -0.378 e. The molecule has 5 heteroatoms. The van der Waals surface area contributed by atoms with Crippen molar-refractivity contribution in [3.63, 3.8) is 0 Å². The molecular formula is C36H41N3O2. The van der Waals surface area contributed by atoms with Gasteiger partial charge in [-0.05, 0) is 76.9 Å². The van der Waals surface area contributed by atoms with Crippen molar-refractivity contribution in [2.24, 2.45) is 5.92 Å². The maximum Gasteiger partial charge on any atom is 0.255 e. The van der Waals surface area contributed by atoms with E-state index < -0.39 is 0 Å². The predicted octanol–water partition coefficient (Wildman–Crippen LogP) is 7.74. The summed E-state index contributed by atoms with van der Waals surface area (Å²) in [6, 6.07) is 28.1. The average Bonchev–Trinajstić information content (AvgIpc) is 2.96. The van der Waals surface area contributed by atoms with Crippen molar-refractivity contribution >= 4 is 34.0 Å². The van der Waals surface area contributed by atoms with E-state index in [1.165, 1.54) is 0 Å². The van der Waals surface area contributed by atoms with Gasteiger partial charge in [0.2, 0.25) is 5.91 Å². The Morgan fingerprint density at radius 1 is 0.902 bits per heavy atom. The third-order valence-electron chi connectivity index (χ3n) is 8.33. The zero-order chi connectivity index (χ0) is 29.3. The van der Waals surface area contributed by atoms with Gasteiger partial charge in [-0.15, -0.1) is 0 Å². The largest absolute Gasteiger partial charge is 0.378 e. The highest BCUT2D eigenvalue weighted by atomic mass is 16.2. The van der Waals surface area contributed by atoms with E-state index in [-0.39, 0.29) is 29.2 Å². The van der Waals surface area contributed by atoms with Gasteiger partial charge in [0.15, 0.2) is 0 Å². The van der Waals surface area contributed by atoms with Gasteiger partial charge in [0.25, 0.3) is 5.91 Å². The molecule has 1 N–H and O–H groups in total. The van der Waals surface area contributed by atoms with E-state index in [4.69, 9.17) is 0 Å². The van der Waals surface area contributed by atoms with E-state index in [1.54, 1.807) is 0 Å². The number of carbonyl (C=O) groups is 2. The number of likely N-dealkylation sites (tertiary alicyclic amines) is 1. The van der Waals surface area contributed by atoms with Crippen LogP contribution in [-0.2, 0) is 10.2 Å². The number of carbonyl (C=O) groups excluding carboxylic acids is 2. The molecule has 1 heterocycles. The number of nitrogens with zero attached hydrogens (tertiary/aromatic N) is 2. The Hall–Kier alpha value is -4.12. The smallest absolute Gasteiger partial charge is 0.255 e. The zero-order valence-electron chi connectivity index (χ0n) is 25.1. The third-order valence-corrected chi connectivity index (χ3v) is 8.33. The Bertz CT molecular complexity index is 1570. The van der Waals surface area contributed by atoms with Crippen LogP contribution in [0.3, 0.4) is 0 Å². The van der Waals surface area contributed by atoms with Gasteiger partial charge < -0.3 is 15.1 Å². The van der Waals surface area contributed by atoms with Crippen LogP contribution in [0.1, 0.15) is 66.7 Å². The summed E-state index contributed by atoms with van der Waals surface area (Å²) < 4.78 is 0. The molecule has 0 spiro atoms. The molecule has 2 atom stereocenters. The van der Waals surface area contributed by atoms with Gasteiger partial charge in [-0.3, -0.25) is 9.59 Å². The van der Waals surface area contributed by atoms with Gasteiger partial charge in [0.05, 0.1) is 17.5 Å². The standard InChI is InChI=1S/C36H41N3O2/c1-24-16-17-25-11-7-8-14-30(25)32(24)35(41)39-22-10-15-31(33(39)26-18-20-29(21-19-26)38(5)6)34(40)37-28-13-9-12-27(23-28)36(2,3)4/h7-9,11-14,16-21,23,31,33H,10,15,22H2,1-6H3,(H,37,40). The molecule has 0 bridgehead atoms. The van der Waals surface area contributed by atoms with Gasteiger partial charge >= 0.3 is 0 Å². The summed E-state index contributed by atoms with van der Waals surface area (Å²) in [5.74, 6) is -0.454. The summed E-state index contributed by atoms with van der Waals surface area (Å²) in [6.45, 7) is 9.10. The van der Waals surface area contributed by atoms with Crippen LogP contribution in [0.5, 0.6) is 0 Å².